The minimum Gasteiger partial charge on any atom is -0.494 e. The number of ether oxygens (including phenoxy) is 1. The van der Waals surface area contributed by atoms with Crippen LogP contribution >= 0.6 is 0 Å². The van der Waals surface area contributed by atoms with Crippen LogP contribution in [0, 0.1) is 5.92 Å². The Labute approximate surface area is 110 Å². The summed E-state index contributed by atoms with van der Waals surface area (Å²) in [5, 5.41) is 0. The zero-order valence-corrected chi connectivity index (χ0v) is 11.8. The Kier molecular flexibility index (Phi) is 3.90. The summed E-state index contributed by atoms with van der Waals surface area (Å²) in [6, 6.07) is 10.1. The third-order valence-electron chi connectivity index (χ3n) is 4.21. The fourth-order valence-corrected chi connectivity index (χ4v) is 2.68. The van der Waals surface area contributed by atoms with Crippen LogP contribution in [-0.2, 0) is 0 Å². The largest absolute Gasteiger partial charge is 0.494 e. The molecule has 1 aliphatic rings. The number of allylic oxidation sites excluding steroid dienone is 4. The number of benzene rings is 1. The molecule has 0 atom stereocenters. The minimum atomic E-state index is 0.578. The van der Waals surface area contributed by atoms with E-state index in [2.05, 4.69) is 27.7 Å². The summed E-state index contributed by atoms with van der Waals surface area (Å²) in [5.74, 6) is 1.54. The summed E-state index contributed by atoms with van der Waals surface area (Å²) in [6.45, 7) is 9.74. The van der Waals surface area contributed by atoms with Crippen molar-refractivity contribution in [2.24, 2.45) is 5.92 Å². The van der Waals surface area contributed by atoms with Crippen LogP contribution in [0.15, 0.2) is 52.6 Å². The second-order valence-corrected chi connectivity index (χ2v) is 5.12. The average Bonchev–Trinajstić information content (AvgIpc) is 2.57. The fraction of sp³-hybridized carbons (Fsp3) is 0.412. The Morgan fingerprint density at radius 3 is 2.00 bits per heavy atom. The van der Waals surface area contributed by atoms with Gasteiger partial charge >= 0.3 is 0 Å². The smallest absolute Gasteiger partial charge is 0.119 e. The first-order valence-electron chi connectivity index (χ1n) is 6.64. The van der Waals surface area contributed by atoms with Crippen LogP contribution in [0.3, 0.4) is 0 Å². The maximum Gasteiger partial charge on any atom is 0.119 e. The normalized spacial score (nSPS) is 16.7. The van der Waals surface area contributed by atoms with Gasteiger partial charge in [-0.05, 0) is 57.4 Å². The lowest BCUT2D eigenvalue weighted by Gasteiger charge is -2.15. The third kappa shape index (κ3) is 2.50. The Balaban J connectivity index is 1.92. The minimum absolute atomic E-state index is 0.578. The molecule has 1 aromatic rings. The lowest BCUT2D eigenvalue weighted by Crippen LogP contribution is -2.08. The molecule has 96 valence electrons. The van der Waals surface area contributed by atoms with Gasteiger partial charge in [0.25, 0.3) is 0 Å². The van der Waals surface area contributed by atoms with Crippen LogP contribution in [-0.4, -0.2) is 6.61 Å². The molecule has 0 saturated heterocycles. The van der Waals surface area contributed by atoms with Crippen LogP contribution in [0.5, 0.6) is 5.75 Å². The molecule has 0 aromatic heterocycles. The highest BCUT2D eigenvalue weighted by Gasteiger charge is 2.23. The zero-order valence-electron chi connectivity index (χ0n) is 11.8. The molecule has 0 N–H and O–H groups in total. The molecule has 0 amide bonds. The van der Waals surface area contributed by atoms with Crippen LogP contribution in [0.1, 0.15) is 34.1 Å². The second-order valence-electron chi connectivity index (χ2n) is 5.12. The molecule has 1 nitrogen and oxygen atoms in total. The summed E-state index contributed by atoms with van der Waals surface area (Å²) >= 11 is 0. The molecule has 0 radical (unpaired) electrons. The van der Waals surface area contributed by atoms with E-state index in [0.717, 1.165) is 18.8 Å². The Morgan fingerprint density at radius 1 is 0.889 bits per heavy atom. The van der Waals surface area contributed by atoms with E-state index in [-0.39, 0.29) is 0 Å². The van der Waals surface area contributed by atoms with Gasteiger partial charge < -0.3 is 4.74 Å². The molecule has 0 bridgehead atoms. The predicted molar refractivity (Wildman–Crippen MR) is 76.8 cm³/mol. The summed E-state index contributed by atoms with van der Waals surface area (Å²) in [4.78, 5) is 0. The van der Waals surface area contributed by atoms with Crippen molar-refractivity contribution in [1.82, 2.24) is 0 Å². The molecule has 0 aliphatic heterocycles. The Bertz CT molecular complexity index is 456. The first-order chi connectivity index (χ1) is 8.61. The van der Waals surface area contributed by atoms with Crippen molar-refractivity contribution in [3.8, 4) is 5.75 Å². The molecule has 0 unspecified atom stereocenters. The maximum atomic E-state index is 5.79. The summed E-state index contributed by atoms with van der Waals surface area (Å²) in [5.41, 5.74) is 5.97. The van der Waals surface area contributed by atoms with Crippen LogP contribution in [0.25, 0.3) is 0 Å². The second kappa shape index (κ2) is 5.43. The van der Waals surface area contributed by atoms with Crippen molar-refractivity contribution in [1.29, 1.82) is 0 Å². The predicted octanol–water partition coefficient (Wildman–Crippen LogP) is 4.76. The highest BCUT2D eigenvalue weighted by Crippen LogP contribution is 2.38. The lowest BCUT2D eigenvalue weighted by atomic mass is 9.94. The van der Waals surface area contributed by atoms with Gasteiger partial charge in [-0.1, -0.05) is 29.3 Å². The summed E-state index contributed by atoms with van der Waals surface area (Å²) in [7, 11) is 0. The van der Waals surface area contributed by atoms with Crippen LogP contribution < -0.4 is 4.74 Å². The number of rotatable bonds is 4. The molecule has 1 aliphatic carbocycles. The molecule has 0 saturated carbocycles. The fourth-order valence-electron chi connectivity index (χ4n) is 2.68. The van der Waals surface area contributed by atoms with E-state index >= 15 is 0 Å². The molecule has 1 heteroatoms. The number of hydrogen-bond acceptors (Lipinski definition) is 1. The van der Waals surface area contributed by atoms with Gasteiger partial charge in [-0.2, -0.15) is 0 Å². The van der Waals surface area contributed by atoms with Crippen molar-refractivity contribution >= 4 is 0 Å². The Morgan fingerprint density at radius 2 is 1.44 bits per heavy atom. The van der Waals surface area contributed by atoms with Crippen molar-refractivity contribution in [2.45, 2.75) is 34.1 Å². The SMILES string of the molecule is CC1=C(C)C(CCOc2ccccc2)C(C)=C1C. The van der Waals surface area contributed by atoms with Gasteiger partial charge in [0.1, 0.15) is 5.75 Å². The highest BCUT2D eigenvalue weighted by molar-refractivity contribution is 5.46. The molecule has 1 aromatic carbocycles. The first kappa shape index (κ1) is 12.9. The average molecular weight is 242 g/mol. The molecule has 0 heterocycles. The van der Waals surface area contributed by atoms with Crippen molar-refractivity contribution in [3.63, 3.8) is 0 Å². The molecule has 2 rings (SSSR count). The highest BCUT2D eigenvalue weighted by atomic mass is 16.5. The van der Waals surface area contributed by atoms with E-state index in [1.165, 1.54) is 22.3 Å². The maximum absolute atomic E-state index is 5.79. The lowest BCUT2D eigenvalue weighted by molar-refractivity contribution is 0.297. The third-order valence-corrected chi connectivity index (χ3v) is 4.21. The van der Waals surface area contributed by atoms with Crippen molar-refractivity contribution in [3.05, 3.63) is 52.6 Å². The molecule has 0 spiro atoms. The van der Waals surface area contributed by atoms with Crippen molar-refractivity contribution in [2.75, 3.05) is 6.61 Å². The van der Waals surface area contributed by atoms with Crippen molar-refractivity contribution < 1.29 is 4.74 Å². The van der Waals surface area contributed by atoms with Gasteiger partial charge in [-0.15, -0.1) is 0 Å². The van der Waals surface area contributed by atoms with Gasteiger partial charge in [0.15, 0.2) is 0 Å². The van der Waals surface area contributed by atoms with Gasteiger partial charge in [0, 0.05) is 5.92 Å². The molecule has 18 heavy (non-hydrogen) atoms. The first-order valence-corrected chi connectivity index (χ1v) is 6.64. The Hall–Kier alpha value is -1.50. The topological polar surface area (TPSA) is 9.23 Å². The van der Waals surface area contributed by atoms with E-state index in [9.17, 15) is 0 Å². The molecular weight excluding hydrogens is 220 g/mol. The monoisotopic (exact) mass is 242 g/mol. The van der Waals surface area contributed by atoms with E-state index in [1.807, 2.05) is 30.3 Å². The van der Waals surface area contributed by atoms with E-state index < -0.39 is 0 Å². The van der Waals surface area contributed by atoms with Gasteiger partial charge in [0.2, 0.25) is 0 Å². The van der Waals surface area contributed by atoms with E-state index in [0.29, 0.717) is 5.92 Å². The van der Waals surface area contributed by atoms with Gasteiger partial charge in [0.05, 0.1) is 6.61 Å². The van der Waals surface area contributed by atoms with E-state index in [4.69, 9.17) is 4.74 Å². The number of hydrogen-bond donors (Lipinski definition) is 0. The number of para-hydroxylation sites is 1. The zero-order chi connectivity index (χ0) is 13.1. The van der Waals surface area contributed by atoms with Crippen LogP contribution in [0.4, 0.5) is 0 Å². The van der Waals surface area contributed by atoms with Crippen LogP contribution in [0.2, 0.25) is 0 Å². The van der Waals surface area contributed by atoms with E-state index in [1.54, 1.807) is 0 Å². The van der Waals surface area contributed by atoms with Gasteiger partial charge in [-0.3, -0.25) is 0 Å². The molecular formula is C17H22O. The van der Waals surface area contributed by atoms with Gasteiger partial charge in [-0.25, -0.2) is 0 Å². The quantitative estimate of drug-likeness (QED) is 0.739. The molecule has 0 fully saturated rings. The summed E-state index contributed by atoms with van der Waals surface area (Å²) in [6.07, 6.45) is 1.07. The standard InChI is InChI=1S/C17H22O/c1-12-13(2)15(4)17(14(12)3)10-11-18-16-8-6-5-7-9-16/h5-9,17H,10-11H2,1-4H3. The summed E-state index contributed by atoms with van der Waals surface area (Å²) < 4.78 is 5.79.